The van der Waals surface area contributed by atoms with Gasteiger partial charge in [-0.2, -0.15) is 0 Å². The molecule has 1 N–H and O–H groups in total. The van der Waals surface area contributed by atoms with Crippen LogP contribution in [-0.4, -0.2) is 60.9 Å². The minimum absolute atomic E-state index is 0.0652. The number of carbonyl (C=O) groups is 2. The second-order valence-electron chi connectivity index (χ2n) is 5.28. The fraction of sp³-hybridized carbons (Fsp3) is 0.846. The molecule has 2 aliphatic rings. The van der Waals surface area contributed by atoms with E-state index in [1.165, 1.54) is 0 Å². The zero-order valence-corrected chi connectivity index (χ0v) is 11.2. The molecular formula is C13H21NO5. The van der Waals surface area contributed by atoms with Crippen molar-refractivity contribution in [2.45, 2.75) is 37.9 Å². The molecule has 0 bridgehead atoms. The Morgan fingerprint density at radius 1 is 1.32 bits per heavy atom. The largest absolute Gasteiger partial charge is 0.479 e. The number of hydrogen-bond acceptors (Lipinski definition) is 4. The van der Waals surface area contributed by atoms with Crippen LogP contribution in [0.5, 0.6) is 0 Å². The molecule has 3 atom stereocenters. The first kappa shape index (κ1) is 14.3. The Morgan fingerprint density at radius 3 is 2.68 bits per heavy atom. The fourth-order valence-corrected chi connectivity index (χ4v) is 2.84. The van der Waals surface area contributed by atoms with Gasteiger partial charge in [-0.05, 0) is 31.6 Å². The van der Waals surface area contributed by atoms with Crippen LogP contribution in [0.15, 0.2) is 0 Å². The van der Waals surface area contributed by atoms with Gasteiger partial charge in [-0.15, -0.1) is 0 Å². The number of likely N-dealkylation sites (tertiary alicyclic amines) is 1. The molecule has 2 rings (SSSR count). The van der Waals surface area contributed by atoms with Crippen molar-refractivity contribution >= 4 is 11.9 Å². The van der Waals surface area contributed by atoms with Crippen molar-refractivity contribution in [1.29, 1.82) is 0 Å². The Morgan fingerprint density at radius 2 is 2.05 bits per heavy atom. The molecule has 0 spiro atoms. The summed E-state index contributed by atoms with van der Waals surface area (Å²) in [4.78, 5) is 24.9. The molecule has 2 fully saturated rings. The third kappa shape index (κ3) is 3.45. The molecule has 0 radical (unpaired) electrons. The summed E-state index contributed by atoms with van der Waals surface area (Å²) in [6.45, 7) is 2.08. The molecule has 2 aliphatic heterocycles. The van der Waals surface area contributed by atoms with E-state index in [1.54, 1.807) is 12.0 Å². The number of aliphatic carboxylic acids is 1. The monoisotopic (exact) mass is 271 g/mol. The predicted molar refractivity (Wildman–Crippen MR) is 66.7 cm³/mol. The first-order valence-electron chi connectivity index (χ1n) is 6.77. The van der Waals surface area contributed by atoms with Crippen molar-refractivity contribution in [2.75, 3.05) is 26.8 Å². The Labute approximate surface area is 112 Å². The van der Waals surface area contributed by atoms with E-state index in [0.29, 0.717) is 31.9 Å². The van der Waals surface area contributed by atoms with Gasteiger partial charge in [-0.1, -0.05) is 0 Å². The standard InChI is InChI=1S/C13H21NO5/c1-18-8-9-3-2-6-14(7-9)12(15)10-4-5-11(19-10)13(16)17/h9-11H,2-8H2,1H3,(H,16,17)/t9?,10-,11+/m0/s1. The van der Waals surface area contributed by atoms with Gasteiger partial charge in [0.2, 0.25) is 0 Å². The Kier molecular flexibility index (Phi) is 4.76. The van der Waals surface area contributed by atoms with Crippen LogP contribution in [0.1, 0.15) is 25.7 Å². The number of rotatable bonds is 4. The maximum absolute atomic E-state index is 12.3. The lowest BCUT2D eigenvalue weighted by Gasteiger charge is -2.33. The lowest BCUT2D eigenvalue weighted by molar-refractivity contribution is -0.155. The van der Waals surface area contributed by atoms with Gasteiger partial charge in [0.25, 0.3) is 5.91 Å². The van der Waals surface area contributed by atoms with Crippen LogP contribution in [0, 0.1) is 5.92 Å². The molecule has 0 aromatic rings. The number of nitrogens with zero attached hydrogens (tertiary/aromatic N) is 1. The molecule has 0 aromatic carbocycles. The average Bonchev–Trinajstić information content (AvgIpc) is 2.88. The SMILES string of the molecule is COCC1CCCN(C(=O)[C@@H]2CC[C@H](C(=O)O)O2)C1. The summed E-state index contributed by atoms with van der Waals surface area (Å²) in [5, 5.41) is 8.87. The number of hydrogen-bond donors (Lipinski definition) is 1. The Hall–Kier alpha value is -1.14. The van der Waals surface area contributed by atoms with Gasteiger partial charge in [0.15, 0.2) is 6.10 Å². The highest BCUT2D eigenvalue weighted by Gasteiger charge is 2.37. The fourth-order valence-electron chi connectivity index (χ4n) is 2.84. The van der Waals surface area contributed by atoms with E-state index in [1.807, 2.05) is 0 Å². The van der Waals surface area contributed by atoms with Gasteiger partial charge < -0.3 is 19.5 Å². The second-order valence-corrected chi connectivity index (χ2v) is 5.28. The highest BCUT2D eigenvalue weighted by molar-refractivity contribution is 5.82. The van der Waals surface area contributed by atoms with Crippen LogP contribution in [0.4, 0.5) is 0 Å². The molecule has 6 heteroatoms. The molecule has 1 amide bonds. The van der Waals surface area contributed by atoms with Crippen molar-refractivity contribution < 1.29 is 24.2 Å². The highest BCUT2D eigenvalue weighted by atomic mass is 16.5. The van der Waals surface area contributed by atoms with Crippen LogP contribution in [0.3, 0.4) is 0 Å². The molecule has 2 heterocycles. The van der Waals surface area contributed by atoms with Gasteiger partial charge in [-0.25, -0.2) is 4.79 Å². The molecule has 108 valence electrons. The Balaban J connectivity index is 1.87. The lowest BCUT2D eigenvalue weighted by atomic mass is 9.98. The first-order chi connectivity index (χ1) is 9.11. The minimum Gasteiger partial charge on any atom is -0.479 e. The zero-order valence-electron chi connectivity index (χ0n) is 11.2. The van der Waals surface area contributed by atoms with Crippen LogP contribution in [0.25, 0.3) is 0 Å². The van der Waals surface area contributed by atoms with Crippen LogP contribution < -0.4 is 0 Å². The molecule has 0 saturated carbocycles. The van der Waals surface area contributed by atoms with Crippen molar-refractivity contribution in [3.05, 3.63) is 0 Å². The molecule has 1 unspecified atom stereocenters. The number of carbonyl (C=O) groups excluding carboxylic acids is 1. The average molecular weight is 271 g/mol. The van der Waals surface area contributed by atoms with Crippen LogP contribution in [-0.2, 0) is 19.1 Å². The lowest BCUT2D eigenvalue weighted by Crippen LogP contribution is -2.46. The summed E-state index contributed by atoms with van der Waals surface area (Å²) in [7, 11) is 1.66. The van der Waals surface area contributed by atoms with E-state index in [4.69, 9.17) is 14.6 Å². The van der Waals surface area contributed by atoms with Gasteiger partial charge >= 0.3 is 5.97 Å². The normalized spacial score (nSPS) is 31.4. The summed E-state index contributed by atoms with van der Waals surface area (Å²) >= 11 is 0. The van der Waals surface area contributed by atoms with Crippen molar-refractivity contribution in [1.82, 2.24) is 4.90 Å². The Bertz CT molecular complexity index is 344. The van der Waals surface area contributed by atoms with E-state index in [2.05, 4.69) is 0 Å². The van der Waals surface area contributed by atoms with E-state index in [-0.39, 0.29) is 5.91 Å². The second kappa shape index (κ2) is 6.34. The van der Waals surface area contributed by atoms with Crippen LogP contribution >= 0.6 is 0 Å². The highest BCUT2D eigenvalue weighted by Crippen LogP contribution is 2.24. The summed E-state index contributed by atoms with van der Waals surface area (Å²) in [5.41, 5.74) is 0. The summed E-state index contributed by atoms with van der Waals surface area (Å²) < 4.78 is 10.4. The van der Waals surface area contributed by atoms with Gasteiger partial charge in [0.05, 0.1) is 6.61 Å². The van der Waals surface area contributed by atoms with Crippen molar-refractivity contribution in [3.63, 3.8) is 0 Å². The summed E-state index contributed by atoms with van der Waals surface area (Å²) in [5.74, 6) is -0.671. The van der Waals surface area contributed by atoms with E-state index >= 15 is 0 Å². The van der Waals surface area contributed by atoms with E-state index < -0.39 is 18.2 Å². The van der Waals surface area contributed by atoms with E-state index in [0.717, 1.165) is 19.4 Å². The third-order valence-corrected chi connectivity index (χ3v) is 3.80. The zero-order chi connectivity index (χ0) is 13.8. The third-order valence-electron chi connectivity index (χ3n) is 3.80. The molecule has 0 aromatic heterocycles. The smallest absolute Gasteiger partial charge is 0.332 e. The molecule has 2 saturated heterocycles. The van der Waals surface area contributed by atoms with Crippen LogP contribution in [0.2, 0.25) is 0 Å². The quantitative estimate of drug-likeness (QED) is 0.806. The van der Waals surface area contributed by atoms with Crippen molar-refractivity contribution in [3.8, 4) is 0 Å². The van der Waals surface area contributed by atoms with E-state index in [9.17, 15) is 9.59 Å². The molecule has 6 nitrogen and oxygen atoms in total. The topological polar surface area (TPSA) is 76.1 Å². The maximum Gasteiger partial charge on any atom is 0.332 e. The number of amides is 1. The first-order valence-corrected chi connectivity index (χ1v) is 6.77. The van der Waals surface area contributed by atoms with Gasteiger partial charge in [0, 0.05) is 20.2 Å². The number of ether oxygens (including phenoxy) is 2. The predicted octanol–water partition coefficient (Wildman–Crippen LogP) is 0.504. The number of methoxy groups -OCH3 is 1. The maximum atomic E-state index is 12.3. The molecule has 0 aliphatic carbocycles. The van der Waals surface area contributed by atoms with Gasteiger partial charge in [0.1, 0.15) is 6.10 Å². The summed E-state index contributed by atoms with van der Waals surface area (Å²) in [6, 6.07) is 0. The number of carboxylic acids is 1. The number of carboxylic acid groups (broad SMARTS) is 1. The number of piperidine rings is 1. The summed E-state index contributed by atoms with van der Waals surface area (Å²) in [6.07, 6.45) is 1.55. The van der Waals surface area contributed by atoms with Gasteiger partial charge in [-0.3, -0.25) is 4.79 Å². The van der Waals surface area contributed by atoms with Crippen molar-refractivity contribution in [2.24, 2.45) is 5.92 Å². The minimum atomic E-state index is -0.980. The molecule has 19 heavy (non-hydrogen) atoms. The molecular weight excluding hydrogens is 250 g/mol.